The van der Waals surface area contributed by atoms with Gasteiger partial charge >= 0.3 is 5.97 Å². The zero-order chi connectivity index (χ0) is 14.4. The molecule has 6 heteroatoms. The molecule has 0 spiro atoms. The molecular formula is C14H25N3O3. The number of nitrogens with zero attached hydrogens (tertiary/aromatic N) is 1. The summed E-state index contributed by atoms with van der Waals surface area (Å²) in [6.07, 6.45) is 4.14. The number of carbonyl (C=O) groups excluding carboxylic acids is 2. The van der Waals surface area contributed by atoms with Gasteiger partial charge in [0, 0.05) is 6.04 Å². The Hall–Kier alpha value is -1.14. The topological polar surface area (TPSA) is 70.7 Å². The van der Waals surface area contributed by atoms with E-state index in [0.717, 1.165) is 45.3 Å². The summed E-state index contributed by atoms with van der Waals surface area (Å²) in [5.41, 5.74) is 0. The first kappa shape index (κ1) is 15.3. The predicted molar refractivity (Wildman–Crippen MR) is 75.3 cm³/mol. The summed E-state index contributed by atoms with van der Waals surface area (Å²) in [5, 5.41) is 6.06. The SMILES string of the molecule is CCOC(=O)CNC(=O)C1CCCN1C1CCNCC1. The number of piperidine rings is 1. The number of rotatable bonds is 5. The van der Waals surface area contributed by atoms with Crippen LogP contribution in [-0.4, -0.2) is 61.6 Å². The first-order chi connectivity index (χ1) is 9.72. The summed E-state index contributed by atoms with van der Waals surface area (Å²) in [7, 11) is 0. The fourth-order valence-corrected chi connectivity index (χ4v) is 3.14. The van der Waals surface area contributed by atoms with Gasteiger partial charge in [0.05, 0.1) is 12.6 Å². The third-order valence-corrected chi connectivity index (χ3v) is 4.09. The van der Waals surface area contributed by atoms with Gasteiger partial charge in [-0.05, 0) is 52.2 Å². The number of ether oxygens (including phenoxy) is 1. The number of hydrogen-bond acceptors (Lipinski definition) is 5. The normalized spacial score (nSPS) is 24.6. The van der Waals surface area contributed by atoms with E-state index in [4.69, 9.17) is 4.74 Å². The van der Waals surface area contributed by atoms with Crippen molar-refractivity contribution in [1.29, 1.82) is 0 Å². The molecule has 0 aromatic heterocycles. The zero-order valence-electron chi connectivity index (χ0n) is 12.2. The highest BCUT2D eigenvalue weighted by molar-refractivity contribution is 5.85. The van der Waals surface area contributed by atoms with Gasteiger partial charge in [0.2, 0.25) is 5.91 Å². The van der Waals surface area contributed by atoms with Crippen molar-refractivity contribution >= 4 is 11.9 Å². The molecule has 0 radical (unpaired) electrons. The van der Waals surface area contributed by atoms with E-state index in [-0.39, 0.29) is 24.5 Å². The van der Waals surface area contributed by atoms with Gasteiger partial charge < -0.3 is 15.4 Å². The highest BCUT2D eigenvalue weighted by Gasteiger charge is 2.35. The molecule has 1 unspecified atom stereocenters. The molecule has 2 N–H and O–H groups in total. The maximum atomic E-state index is 12.2. The van der Waals surface area contributed by atoms with Crippen LogP contribution in [0, 0.1) is 0 Å². The molecule has 0 aromatic rings. The van der Waals surface area contributed by atoms with Crippen LogP contribution in [0.4, 0.5) is 0 Å². The average molecular weight is 283 g/mol. The minimum atomic E-state index is -0.368. The van der Waals surface area contributed by atoms with Gasteiger partial charge in [-0.2, -0.15) is 0 Å². The van der Waals surface area contributed by atoms with Gasteiger partial charge in [-0.15, -0.1) is 0 Å². The molecule has 1 atom stereocenters. The van der Waals surface area contributed by atoms with E-state index in [2.05, 4.69) is 15.5 Å². The first-order valence-corrected chi connectivity index (χ1v) is 7.62. The fraction of sp³-hybridized carbons (Fsp3) is 0.857. The highest BCUT2D eigenvalue weighted by Crippen LogP contribution is 2.24. The Kier molecular flexibility index (Phi) is 5.79. The summed E-state index contributed by atoms with van der Waals surface area (Å²) < 4.78 is 4.82. The van der Waals surface area contributed by atoms with Gasteiger partial charge in [-0.1, -0.05) is 0 Å². The second-order valence-corrected chi connectivity index (χ2v) is 5.40. The molecule has 2 aliphatic heterocycles. The fourth-order valence-electron chi connectivity index (χ4n) is 3.14. The van der Waals surface area contributed by atoms with Crippen molar-refractivity contribution in [2.45, 2.75) is 44.7 Å². The standard InChI is InChI=1S/C14H25N3O3/c1-2-20-13(18)10-16-14(19)12-4-3-9-17(12)11-5-7-15-8-6-11/h11-12,15H,2-10H2,1H3,(H,16,19). The number of nitrogens with one attached hydrogen (secondary N) is 2. The summed E-state index contributed by atoms with van der Waals surface area (Å²) in [5.74, 6) is -0.402. The largest absolute Gasteiger partial charge is 0.465 e. The molecule has 0 bridgehead atoms. The molecule has 20 heavy (non-hydrogen) atoms. The number of carbonyl (C=O) groups is 2. The lowest BCUT2D eigenvalue weighted by molar-refractivity contribution is -0.144. The van der Waals surface area contributed by atoms with Crippen LogP contribution in [0.1, 0.15) is 32.6 Å². The molecule has 1 amide bonds. The third kappa shape index (κ3) is 3.93. The van der Waals surface area contributed by atoms with Crippen LogP contribution in [0.25, 0.3) is 0 Å². The van der Waals surface area contributed by atoms with E-state index < -0.39 is 0 Å². The van der Waals surface area contributed by atoms with Gasteiger partial charge in [-0.25, -0.2) is 0 Å². The van der Waals surface area contributed by atoms with Crippen LogP contribution in [0.15, 0.2) is 0 Å². The van der Waals surface area contributed by atoms with E-state index in [0.29, 0.717) is 12.6 Å². The third-order valence-electron chi connectivity index (χ3n) is 4.09. The van der Waals surface area contributed by atoms with Crippen LogP contribution in [0.3, 0.4) is 0 Å². The summed E-state index contributed by atoms with van der Waals surface area (Å²) in [6.45, 7) is 5.12. The first-order valence-electron chi connectivity index (χ1n) is 7.62. The maximum absolute atomic E-state index is 12.2. The Morgan fingerprint density at radius 3 is 2.75 bits per heavy atom. The minimum absolute atomic E-state index is 0.0246. The summed E-state index contributed by atoms with van der Waals surface area (Å²) in [4.78, 5) is 25.8. The second kappa shape index (κ2) is 7.59. The van der Waals surface area contributed by atoms with Crippen molar-refractivity contribution in [2.75, 3.05) is 32.8 Å². The molecular weight excluding hydrogens is 258 g/mol. The Labute approximate surface area is 120 Å². The molecule has 114 valence electrons. The van der Waals surface area contributed by atoms with Crippen molar-refractivity contribution in [1.82, 2.24) is 15.5 Å². The van der Waals surface area contributed by atoms with Crippen molar-refractivity contribution in [3.63, 3.8) is 0 Å². The van der Waals surface area contributed by atoms with Crippen LogP contribution >= 0.6 is 0 Å². The van der Waals surface area contributed by atoms with Crippen molar-refractivity contribution in [3.05, 3.63) is 0 Å². The van der Waals surface area contributed by atoms with Gasteiger partial charge in [0.15, 0.2) is 0 Å². The molecule has 2 heterocycles. The lowest BCUT2D eigenvalue weighted by atomic mass is 10.0. The molecule has 2 saturated heterocycles. The predicted octanol–water partition coefficient (Wildman–Crippen LogP) is -0.118. The van der Waals surface area contributed by atoms with Gasteiger partial charge in [0.1, 0.15) is 6.54 Å². The molecule has 2 fully saturated rings. The molecule has 0 aromatic carbocycles. The van der Waals surface area contributed by atoms with Gasteiger partial charge in [0.25, 0.3) is 0 Å². The molecule has 0 saturated carbocycles. The van der Waals surface area contributed by atoms with Crippen LogP contribution in [0.5, 0.6) is 0 Å². The maximum Gasteiger partial charge on any atom is 0.325 e. The Morgan fingerprint density at radius 1 is 1.30 bits per heavy atom. The number of likely N-dealkylation sites (tertiary alicyclic amines) is 1. The van der Waals surface area contributed by atoms with E-state index in [9.17, 15) is 9.59 Å². The molecule has 2 rings (SSSR count). The Balaban J connectivity index is 1.82. The van der Waals surface area contributed by atoms with Crippen molar-refractivity contribution < 1.29 is 14.3 Å². The Bertz CT molecular complexity index is 343. The quantitative estimate of drug-likeness (QED) is 0.689. The van der Waals surface area contributed by atoms with Gasteiger partial charge in [-0.3, -0.25) is 14.5 Å². The zero-order valence-corrected chi connectivity index (χ0v) is 12.2. The van der Waals surface area contributed by atoms with Crippen molar-refractivity contribution in [3.8, 4) is 0 Å². The number of esters is 1. The van der Waals surface area contributed by atoms with E-state index >= 15 is 0 Å². The average Bonchev–Trinajstić information content (AvgIpc) is 2.95. The lowest BCUT2D eigenvalue weighted by Gasteiger charge is -2.35. The number of amides is 1. The van der Waals surface area contributed by atoms with E-state index in [1.165, 1.54) is 0 Å². The van der Waals surface area contributed by atoms with Crippen LogP contribution in [-0.2, 0) is 14.3 Å². The molecule has 0 aliphatic carbocycles. The smallest absolute Gasteiger partial charge is 0.325 e. The van der Waals surface area contributed by atoms with Crippen molar-refractivity contribution in [2.24, 2.45) is 0 Å². The van der Waals surface area contributed by atoms with E-state index in [1.54, 1.807) is 6.92 Å². The van der Waals surface area contributed by atoms with Crippen LogP contribution < -0.4 is 10.6 Å². The van der Waals surface area contributed by atoms with E-state index in [1.807, 2.05) is 0 Å². The Morgan fingerprint density at radius 2 is 2.05 bits per heavy atom. The molecule has 6 nitrogen and oxygen atoms in total. The second-order valence-electron chi connectivity index (χ2n) is 5.40. The summed E-state index contributed by atoms with van der Waals surface area (Å²) >= 11 is 0. The lowest BCUT2D eigenvalue weighted by Crippen LogP contribution is -2.51. The monoisotopic (exact) mass is 283 g/mol. The van der Waals surface area contributed by atoms with Crippen LogP contribution in [0.2, 0.25) is 0 Å². The highest BCUT2D eigenvalue weighted by atomic mass is 16.5. The summed E-state index contributed by atoms with van der Waals surface area (Å²) in [6, 6.07) is 0.421. The molecule has 2 aliphatic rings. The minimum Gasteiger partial charge on any atom is -0.465 e. The number of hydrogen-bond donors (Lipinski definition) is 2.